The van der Waals surface area contributed by atoms with E-state index in [0.29, 0.717) is 17.3 Å². The van der Waals surface area contributed by atoms with Crippen LogP contribution in [0.3, 0.4) is 0 Å². The van der Waals surface area contributed by atoms with E-state index in [-0.39, 0.29) is 21.6 Å². The van der Waals surface area contributed by atoms with Gasteiger partial charge in [-0.25, -0.2) is 18.4 Å². The van der Waals surface area contributed by atoms with E-state index in [4.69, 9.17) is 9.97 Å². The second-order valence-corrected chi connectivity index (χ2v) is 19.0. The zero-order valence-corrected chi connectivity index (χ0v) is 33.8. The average molecular weight is 740 g/mol. The Balaban J connectivity index is 0.000000204. The summed E-state index contributed by atoms with van der Waals surface area (Å²) in [4.78, 5) is 21.2. The van der Waals surface area contributed by atoms with Crippen LogP contribution in [0.2, 0.25) is 0 Å². The van der Waals surface area contributed by atoms with Gasteiger partial charge in [-0.05, 0) is 98.2 Å². The summed E-state index contributed by atoms with van der Waals surface area (Å²) in [5.41, 5.74) is 6.45. The summed E-state index contributed by atoms with van der Waals surface area (Å²) in [6.07, 6.45) is 7.94. The third-order valence-corrected chi connectivity index (χ3v) is 12.4. The molecule has 53 heavy (non-hydrogen) atoms. The lowest BCUT2D eigenvalue weighted by atomic mass is 9.85. The van der Waals surface area contributed by atoms with E-state index in [9.17, 15) is 13.2 Å². The lowest BCUT2D eigenvalue weighted by Gasteiger charge is -2.29. The third kappa shape index (κ3) is 8.25. The first kappa shape index (κ1) is 38.3. The number of imidazole rings is 2. The molecule has 2 aliphatic rings. The van der Waals surface area contributed by atoms with Crippen molar-refractivity contribution in [2.45, 2.75) is 116 Å². The minimum atomic E-state index is -3.77. The van der Waals surface area contributed by atoms with Crippen molar-refractivity contribution in [3.63, 3.8) is 0 Å². The number of hydrogen-bond acceptors (Lipinski definition) is 6. The van der Waals surface area contributed by atoms with Crippen molar-refractivity contribution in [2.24, 2.45) is 11.8 Å². The van der Waals surface area contributed by atoms with Crippen LogP contribution in [-0.2, 0) is 38.7 Å². The molecule has 0 unspecified atom stereocenters. The van der Waals surface area contributed by atoms with Gasteiger partial charge in [0, 0.05) is 56.3 Å². The van der Waals surface area contributed by atoms with Crippen LogP contribution in [0.4, 0.5) is 17.1 Å². The van der Waals surface area contributed by atoms with E-state index in [0.717, 1.165) is 47.1 Å². The summed E-state index contributed by atoms with van der Waals surface area (Å²) in [6, 6.07) is 18.4. The number of nitrogens with one attached hydrogen (secondary N) is 2. The Morgan fingerprint density at radius 1 is 0.755 bits per heavy atom. The van der Waals surface area contributed by atoms with Gasteiger partial charge in [-0.2, -0.15) is 0 Å². The Morgan fingerprint density at radius 2 is 1.23 bits per heavy atom. The lowest BCUT2D eigenvalue weighted by molar-refractivity contribution is -0.114. The number of anilines is 3. The fraction of sp³-hybridized carbons (Fsp3) is 0.500. The van der Waals surface area contributed by atoms with Crippen LogP contribution in [0, 0.1) is 11.8 Å². The number of rotatable bonds is 9. The second-order valence-electron chi connectivity index (χ2n) is 17.0. The Labute approximate surface area is 315 Å². The molecular formula is C42H57N7O3S. The predicted octanol–water partition coefficient (Wildman–Crippen LogP) is 9.09. The average Bonchev–Trinajstić information content (AvgIpc) is 3.62. The van der Waals surface area contributed by atoms with Gasteiger partial charge < -0.3 is 19.8 Å². The van der Waals surface area contributed by atoms with Crippen LogP contribution in [0.1, 0.15) is 98.6 Å². The van der Waals surface area contributed by atoms with Crippen LogP contribution in [0.5, 0.6) is 0 Å². The molecule has 5 aromatic rings. The predicted molar refractivity (Wildman–Crippen MR) is 217 cm³/mol. The van der Waals surface area contributed by atoms with E-state index in [1.807, 2.05) is 25.2 Å². The Bertz CT molecular complexity index is 2200. The number of aromatic nitrogens is 4. The van der Waals surface area contributed by atoms with Crippen LogP contribution in [0.15, 0.2) is 65.6 Å². The number of sulfonamides is 1. The molecule has 11 heteroatoms. The first-order valence-corrected chi connectivity index (χ1v) is 20.5. The molecule has 3 aromatic carbocycles. The maximum absolute atomic E-state index is 13.2. The molecule has 10 nitrogen and oxygen atoms in total. The minimum Gasteiger partial charge on any atom is -0.388 e. The van der Waals surface area contributed by atoms with Crippen molar-refractivity contribution in [1.29, 1.82) is 0 Å². The molecule has 2 aromatic heterocycles. The van der Waals surface area contributed by atoms with E-state index < -0.39 is 10.0 Å². The minimum absolute atomic E-state index is 0.0859. The summed E-state index contributed by atoms with van der Waals surface area (Å²) in [7, 11) is -0.260. The molecule has 2 fully saturated rings. The number of benzene rings is 3. The highest BCUT2D eigenvalue weighted by Crippen LogP contribution is 2.36. The zero-order valence-electron chi connectivity index (χ0n) is 33.0. The van der Waals surface area contributed by atoms with Gasteiger partial charge in [0.2, 0.25) is 5.91 Å². The number of carbonyl (C=O) groups is 1. The number of hydrogen-bond donors (Lipinski definition) is 2. The topological polar surface area (TPSA) is 114 Å². The van der Waals surface area contributed by atoms with Crippen molar-refractivity contribution in [2.75, 3.05) is 29.0 Å². The molecule has 7 rings (SSSR count). The monoisotopic (exact) mass is 739 g/mol. The maximum atomic E-state index is 13.2. The standard InChI is InChI=1S/C25H32N4O3S.C17H25N3/c1-17(30)26-19-9-12-21(13-10-19)33(31,32)28(5)20-11-14-23-22(15-20)27-24(25(2,3)4)29(23)16-18-7-6-8-18;1-17(2,3)16-19-14-10-13(18-4)8-9-15(14)20(16)11-12-6-5-7-12/h9-15,18H,6-8,16H2,1-5H3,(H,26,30);8-10,12,18H,5-7,11H2,1-4H3. The van der Waals surface area contributed by atoms with E-state index >= 15 is 0 Å². The van der Waals surface area contributed by atoms with Crippen LogP contribution in [0.25, 0.3) is 22.1 Å². The second kappa shape index (κ2) is 14.8. The van der Waals surface area contributed by atoms with Crippen LogP contribution < -0.4 is 14.9 Å². The molecular weight excluding hydrogens is 683 g/mol. The molecule has 0 atom stereocenters. The number of fused-ring (bicyclic) bond motifs is 2. The van der Waals surface area contributed by atoms with E-state index in [1.54, 1.807) is 19.2 Å². The smallest absolute Gasteiger partial charge is 0.264 e. The normalized spacial score (nSPS) is 15.4. The molecule has 0 bridgehead atoms. The Hall–Kier alpha value is -4.38. The summed E-state index contributed by atoms with van der Waals surface area (Å²) in [6.45, 7) is 16.7. The van der Waals surface area contributed by atoms with Gasteiger partial charge in [-0.3, -0.25) is 9.10 Å². The van der Waals surface area contributed by atoms with Gasteiger partial charge in [0.15, 0.2) is 0 Å². The molecule has 2 heterocycles. The van der Waals surface area contributed by atoms with Crippen molar-refractivity contribution in [3.8, 4) is 0 Å². The quantitative estimate of drug-likeness (QED) is 0.156. The first-order chi connectivity index (χ1) is 24.9. The van der Waals surface area contributed by atoms with E-state index in [1.165, 1.54) is 73.2 Å². The number of carbonyl (C=O) groups excluding carboxylic acids is 1. The highest BCUT2D eigenvalue weighted by atomic mass is 32.2. The van der Waals surface area contributed by atoms with Crippen molar-refractivity contribution in [1.82, 2.24) is 19.1 Å². The van der Waals surface area contributed by atoms with Gasteiger partial charge in [-0.15, -0.1) is 0 Å². The molecule has 2 aliphatic carbocycles. The molecule has 0 radical (unpaired) electrons. The zero-order chi connectivity index (χ0) is 38.3. The van der Waals surface area contributed by atoms with Gasteiger partial charge in [0.1, 0.15) is 11.6 Å². The lowest BCUT2D eigenvalue weighted by Crippen LogP contribution is -2.26. The molecule has 1 amide bonds. The highest BCUT2D eigenvalue weighted by molar-refractivity contribution is 7.92. The molecule has 2 saturated carbocycles. The molecule has 0 spiro atoms. The van der Waals surface area contributed by atoms with Crippen LogP contribution >= 0.6 is 0 Å². The summed E-state index contributed by atoms with van der Waals surface area (Å²) >= 11 is 0. The Morgan fingerprint density at radius 3 is 1.66 bits per heavy atom. The van der Waals surface area contributed by atoms with Gasteiger partial charge in [0.05, 0.1) is 32.6 Å². The fourth-order valence-corrected chi connectivity index (χ4v) is 8.38. The SMILES string of the molecule is CC(=O)Nc1ccc(S(=O)(=O)N(C)c2ccc3c(c2)nc(C(C)(C)C)n3CC2CCC2)cc1.CNc1ccc2c(c1)nc(C(C)(C)C)n2CC1CCC1. The van der Waals surface area contributed by atoms with Crippen LogP contribution in [-0.4, -0.2) is 47.5 Å². The van der Waals surface area contributed by atoms with Crippen molar-refractivity contribution >= 4 is 55.1 Å². The van der Waals surface area contributed by atoms with E-state index in [2.05, 4.69) is 79.5 Å². The van der Waals surface area contributed by atoms with Gasteiger partial charge in [0.25, 0.3) is 10.0 Å². The largest absolute Gasteiger partial charge is 0.388 e. The first-order valence-electron chi connectivity index (χ1n) is 19.0. The molecule has 0 aliphatic heterocycles. The highest BCUT2D eigenvalue weighted by Gasteiger charge is 2.29. The third-order valence-electron chi connectivity index (χ3n) is 10.6. The Kier molecular flexibility index (Phi) is 10.7. The fourth-order valence-electron chi connectivity index (χ4n) is 7.19. The summed E-state index contributed by atoms with van der Waals surface area (Å²) in [5.74, 6) is 3.57. The van der Waals surface area contributed by atoms with Gasteiger partial charge >= 0.3 is 0 Å². The molecule has 0 saturated heterocycles. The number of nitrogens with zero attached hydrogens (tertiary/aromatic N) is 5. The molecule has 2 N–H and O–H groups in total. The summed E-state index contributed by atoms with van der Waals surface area (Å²) in [5, 5.41) is 5.85. The van der Waals surface area contributed by atoms with Crippen molar-refractivity contribution < 1.29 is 13.2 Å². The number of amides is 1. The maximum Gasteiger partial charge on any atom is 0.264 e. The van der Waals surface area contributed by atoms with Gasteiger partial charge in [-0.1, -0.05) is 54.4 Å². The van der Waals surface area contributed by atoms with Crippen molar-refractivity contribution in [3.05, 3.63) is 72.3 Å². The molecule has 284 valence electrons. The summed E-state index contributed by atoms with van der Waals surface area (Å²) < 4.78 is 32.5.